The molecule has 1 aromatic heterocycles. The first kappa shape index (κ1) is 19.1. The maximum absolute atomic E-state index is 6.73. The molecule has 158 valence electrons. The van der Waals surface area contributed by atoms with Crippen LogP contribution in [0.1, 0.15) is 42.2 Å². The maximum Gasteiger partial charge on any atom is 0.200 e. The standard InChI is InChI=1S/C25H24BrN3O2/c26-19-8-9-23-20(15-19)22-16-21(24-7-4-14-30-24)27-29(22)25(31-23)10-12-28(13-11-25)17-18-5-2-1-3-6-18/h1-9,14-15,22H,10-13,16-17H2. The Balaban J connectivity index is 1.30. The fourth-order valence-corrected chi connectivity index (χ4v) is 5.46. The van der Waals surface area contributed by atoms with Crippen LogP contribution in [0.2, 0.25) is 0 Å². The third-order valence-corrected chi connectivity index (χ3v) is 7.14. The van der Waals surface area contributed by atoms with Gasteiger partial charge in [0.2, 0.25) is 5.72 Å². The van der Waals surface area contributed by atoms with Gasteiger partial charge in [0, 0.05) is 48.9 Å². The van der Waals surface area contributed by atoms with Gasteiger partial charge in [-0.05, 0) is 35.9 Å². The van der Waals surface area contributed by atoms with Crippen LogP contribution in [0.5, 0.6) is 5.75 Å². The number of hydrogen-bond donors (Lipinski definition) is 0. The SMILES string of the molecule is Brc1ccc2c(c1)C1CC(c3ccco3)=NN1C1(CCN(Cc3ccccc3)CC1)O2. The van der Waals surface area contributed by atoms with Crippen LogP contribution < -0.4 is 4.74 Å². The van der Waals surface area contributed by atoms with E-state index in [-0.39, 0.29) is 6.04 Å². The number of piperidine rings is 1. The van der Waals surface area contributed by atoms with Crippen molar-refractivity contribution in [3.05, 3.63) is 88.3 Å². The molecule has 4 heterocycles. The first-order valence-electron chi connectivity index (χ1n) is 10.9. The first-order chi connectivity index (χ1) is 15.2. The number of likely N-dealkylation sites (tertiary alicyclic amines) is 1. The van der Waals surface area contributed by atoms with E-state index in [0.717, 1.165) is 60.6 Å². The molecule has 31 heavy (non-hydrogen) atoms. The lowest BCUT2D eigenvalue weighted by atomic mass is 9.91. The molecule has 5 nitrogen and oxygen atoms in total. The fraction of sp³-hybridized carbons (Fsp3) is 0.320. The lowest BCUT2D eigenvalue weighted by Crippen LogP contribution is -2.59. The van der Waals surface area contributed by atoms with Gasteiger partial charge in [-0.25, -0.2) is 5.01 Å². The Labute approximate surface area is 190 Å². The van der Waals surface area contributed by atoms with Crippen molar-refractivity contribution in [2.45, 2.75) is 37.6 Å². The molecule has 0 bridgehead atoms. The molecule has 3 aromatic rings. The van der Waals surface area contributed by atoms with Crippen LogP contribution in [0.4, 0.5) is 0 Å². The van der Waals surface area contributed by atoms with Gasteiger partial charge in [0.05, 0.1) is 12.3 Å². The third kappa shape index (κ3) is 3.38. The number of benzene rings is 2. The second-order valence-electron chi connectivity index (χ2n) is 8.58. The van der Waals surface area contributed by atoms with Gasteiger partial charge < -0.3 is 9.15 Å². The van der Waals surface area contributed by atoms with Crippen LogP contribution in [-0.4, -0.2) is 34.4 Å². The van der Waals surface area contributed by atoms with Gasteiger partial charge in [-0.15, -0.1) is 0 Å². The smallest absolute Gasteiger partial charge is 0.200 e. The highest BCUT2D eigenvalue weighted by molar-refractivity contribution is 9.10. The minimum absolute atomic E-state index is 0.169. The van der Waals surface area contributed by atoms with E-state index in [1.54, 1.807) is 6.26 Å². The van der Waals surface area contributed by atoms with Crippen molar-refractivity contribution in [2.24, 2.45) is 5.10 Å². The molecule has 1 atom stereocenters. The number of fused-ring (bicyclic) bond motifs is 4. The lowest BCUT2D eigenvalue weighted by molar-refractivity contribution is -0.150. The molecule has 2 aromatic carbocycles. The third-order valence-electron chi connectivity index (χ3n) is 6.65. The van der Waals surface area contributed by atoms with Crippen LogP contribution >= 0.6 is 15.9 Å². The van der Waals surface area contributed by atoms with Gasteiger partial charge in [0.15, 0.2) is 0 Å². The molecule has 6 heteroatoms. The summed E-state index contributed by atoms with van der Waals surface area (Å²) in [6.45, 7) is 2.94. The van der Waals surface area contributed by atoms with E-state index in [1.807, 2.05) is 12.1 Å². The Kier molecular flexibility index (Phi) is 4.65. The van der Waals surface area contributed by atoms with Gasteiger partial charge in [-0.1, -0.05) is 46.3 Å². The van der Waals surface area contributed by atoms with Gasteiger partial charge in [0.25, 0.3) is 0 Å². The average molecular weight is 478 g/mol. The highest BCUT2D eigenvalue weighted by atomic mass is 79.9. The summed E-state index contributed by atoms with van der Waals surface area (Å²) in [5.41, 5.74) is 3.14. The van der Waals surface area contributed by atoms with Crippen molar-refractivity contribution in [3.8, 4) is 5.75 Å². The predicted octanol–water partition coefficient (Wildman–Crippen LogP) is 5.58. The quantitative estimate of drug-likeness (QED) is 0.493. The Morgan fingerprint density at radius 2 is 1.87 bits per heavy atom. The van der Waals surface area contributed by atoms with Crippen molar-refractivity contribution < 1.29 is 9.15 Å². The molecule has 6 rings (SSSR count). The van der Waals surface area contributed by atoms with Crippen LogP contribution in [0.15, 0.2) is 80.9 Å². The molecule has 0 radical (unpaired) electrons. The topological polar surface area (TPSA) is 41.2 Å². The molecule has 1 fully saturated rings. The van der Waals surface area contributed by atoms with Crippen LogP contribution in [0.3, 0.4) is 0 Å². The number of nitrogens with zero attached hydrogens (tertiary/aromatic N) is 3. The molecular formula is C25H24BrN3O2. The molecule has 0 aliphatic carbocycles. The Bertz CT molecular complexity index is 1110. The summed E-state index contributed by atoms with van der Waals surface area (Å²) in [5.74, 6) is 1.83. The van der Waals surface area contributed by atoms with E-state index in [1.165, 1.54) is 11.1 Å². The van der Waals surface area contributed by atoms with Crippen molar-refractivity contribution in [3.63, 3.8) is 0 Å². The van der Waals surface area contributed by atoms with Crippen molar-refractivity contribution >= 4 is 21.6 Å². The molecular weight excluding hydrogens is 454 g/mol. The summed E-state index contributed by atoms with van der Waals surface area (Å²) in [5, 5.41) is 7.30. The average Bonchev–Trinajstić information content (AvgIpc) is 3.47. The molecule has 3 aliphatic heterocycles. The Morgan fingerprint density at radius 3 is 2.65 bits per heavy atom. The number of hydrogen-bond acceptors (Lipinski definition) is 5. The maximum atomic E-state index is 6.73. The second-order valence-corrected chi connectivity index (χ2v) is 9.50. The second kappa shape index (κ2) is 7.53. The van der Waals surface area contributed by atoms with E-state index in [9.17, 15) is 0 Å². The van der Waals surface area contributed by atoms with Crippen molar-refractivity contribution in [1.82, 2.24) is 9.91 Å². The Hall–Kier alpha value is -2.57. The van der Waals surface area contributed by atoms with Crippen molar-refractivity contribution in [2.75, 3.05) is 13.1 Å². The highest BCUT2D eigenvalue weighted by Crippen LogP contribution is 2.50. The van der Waals surface area contributed by atoms with Crippen LogP contribution in [-0.2, 0) is 6.54 Å². The summed E-state index contributed by atoms with van der Waals surface area (Å²) in [6.07, 6.45) is 4.38. The van der Waals surface area contributed by atoms with Gasteiger partial charge >= 0.3 is 0 Å². The molecule has 3 aliphatic rings. The Morgan fingerprint density at radius 1 is 1.03 bits per heavy atom. The minimum Gasteiger partial charge on any atom is -0.466 e. The number of halogens is 1. The summed E-state index contributed by atoms with van der Waals surface area (Å²) in [4.78, 5) is 2.52. The largest absolute Gasteiger partial charge is 0.466 e. The summed E-state index contributed by atoms with van der Waals surface area (Å²) >= 11 is 3.63. The first-order valence-corrected chi connectivity index (χ1v) is 11.6. The number of hydrazone groups is 1. The predicted molar refractivity (Wildman–Crippen MR) is 123 cm³/mol. The van der Waals surface area contributed by atoms with E-state index in [0.29, 0.717) is 0 Å². The normalized spacial score (nSPS) is 22.0. The molecule has 1 saturated heterocycles. The monoisotopic (exact) mass is 477 g/mol. The summed E-state index contributed by atoms with van der Waals surface area (Å²) < 4.78 is 13.5. The lowest BCUT2D eigenvalue weighted by Gasteiger charge is -2.51. The molecule has 1 spiro atoms. The van der Waals surface area contributed by atoms with E-state index in [2.05, 4.69) is 74.4 Å². The summed E-state index contributed by atoms with van der Waals surface area (Å²) in [7, 11) is 0. The van der Waals surface area contributed by atoms with Gasteiger partial charge in [-0.2, -0.15) is 5.10 Å². The fourth-order valence-electron chi connectivity index (χ4n) is 5.08. The minimum atomic E-state index is -0.410. The zero-order valence-electron chi connectivity index (χ0n) is 17.2. The molecule has 0 saturated carbocycles. The summed E-state index contributed by atoms with van der Waals surface area (Å²) in [6, 6.07) is 21.1. The van der Waals surface area contributed by atoms with Gasteiger partial charge in [-0.3, -0.25) is 4.90 Å². The number of furan rings is 1. The van der Waals surface area contributed by atoms with Crippen molar-refractivity contribution in [1.29, 1.82) is 0 Å². The molecule has 1 unspecified atom stereocenters. The van der Waals surface area contributed by atoms with E-state index < -0.39 is 5.72 Å². The zero-order chi connectivity index (χ0) is 20.8. The van der Waals surface area contributed by atoms with Crippen LogP contribution in [0.25, 0.3) is 0 Å². The molecule has 0 N–H and O–H groups in total. The van der Waals surface area contributed by atoms with Crippen LogP contribution in [0, 0.1) is 0 Å². The number of ether oxygens (including phenoxy) is 1. The van der Waals surface area contributed by atoms with E-state index in [4.69, 9.17) is 14.3 Å². The van der Waals surface area contributed by atoms with Gasteiger partial charge in [0.1, 0.15) is 17.2 Å². The van der Waals surface area contributed by atoms with E-state index >= 15 is 0 Å². The number of rotatable bonds is 3. The molecule has 0 amide bonds. The zero-order valence-corrected chi connectivity index (χ0v) is 18.8. The highest BCUT2D eigenvalue weighted by Gasteiger charge is 2.52.